The molecule has 1 unspecified atom stereocenters. The molecule has 0 spiro atoms. The number of aromatic nitrogens is 1. The monoisotopic (exact) mass is 338 g/mol. The molecule has 4 rings (SSSR count). The number of carbonyl (C=O) groups excluding carboxylic acids is 2. The first-order valence-corrected chi connectivity index (χ1v) is 8.95. The molecule has 1 N–H and O–H groups in total. The summed E-state index contributed by atoms with van der Waals surface area (Å²) in [5.41, 5.74) is 2.95. The van der Waals surface area contributed by atoms with E-state index in [2.05, 4.69) is 5.32 Å². The van der Waals surface area contributed by atoms with Crippen LogP contribution in [-0.2, 0) is 17.8 Å². The van der Waals surface area contributed by atoms with Crippen LogP contribution in [0.15, 0.2) is 47.5 Å². The van der Waals surface area contributed by atoms with Gasteiger partial charge in [0.15, 0.2) is 0 Å². The molecule has 0 bridgehead atoms. The van der Waals surface area contributed by atoms with E-state index in [1.54, 1.807) is 12.3 Å². The predicted molar refractivity (Wildman–Crippen MR) is 92.5 cm³/mol. The van der Waals surface area contributed by atoms with Gasteiger partial charge >= 0.3 is 0 Å². The van der Waals surface area contributed by atoms with Crippen molar-refractivity contribution >= 4 is 33.5 Å². The number of hydrogen-bond donors (Lipinski definition) is 1. The van der Waals surface area contributed by atoms with Crippen molar-refractivity contribution in [2.45, 2.75) is 4.90 Å². The van der Waals surface area contributed by atoms with Gasteiger partial charge in [-0.1, -0.05) is 18.2 Å². The van der Waals surface area contributed by atoms with Crippen molar-refractivity contribution in [2.75, 3.05) is 6.26 Å². The van der Waals surface area contributed by atoms with Gasteiger partial charge in [0, 0.05) is 35.3 Å². The fourth-order valence-corrected chi connectivity index (χ4v) is 4.02. The zero-order chi connectivity index (χ0) is 17.0. The maximum Gasteiger partial charge on any atom is 0.259 e. The Bertz CT molecular complexity index is 1070. The lowest BCUT2D eigenvalue weighted by Gasteiger charge is -2.12. The van der Waals surface area contributed by atoms with Crippen molar-refractivity contribution in [3.05, 3.63) is 53.7 Å². The molecule has 24 heavy (non-hydrogen) atoms. The number of imide groups is 1. The first-order chi connectivity index (χ1) is 11.5. The minimum atomic E-state index is -1.21. The summed E-state index contributed by atoms with van der Waals surface area (Å²) >= 11 is 0. The summed E-state index contributed by atoms with van der Waals surface area (Å²) in [5.74, 6) is -0.796. The SMILES string of the molecule is Cn1ccc2c3c(c(-c4ccccc4S(C)=O)cc21)C(=O)NC3=O. The molecule has 0 radical (unpaired) electrons. The van der Waals surface area contributed by atoms with Crippen molar-refractivity contribution < 1.29 is 13.8 Å². The smallest absolute Gasteiger partial charge is 0.259 e. The minimum Gasteiger partial charge on any atom is -0.351 e. The van der Waals surface area contributed by atoms with Crippen LogP contribution in [0.25, 0.3) is 22.0 Å². The van der Waals surface area contributed by atoms with Crippen molar-refractivity contribution in [3.63, 3.8) is 0 Å². The Morgan fingerprint density at radius 3 is 2.46 bits per heavy atom. The van der Waals surface area contributed by atoms with E-state index in [-0.39, 0.29) is 5.91 Å². The van der Waals surface area contributed by atoms with Gasteiger partial charge in [-0.15, -0.1) is 0 Å². The van der Waals surface area contributed by atoms with E-state index in [0.29, 0.717) is 27.1 Å². The molecule has 1 aliphatic rings. The van der Waals surface area contributed by atoms with Gasteiger partial charge in [0.05, 0.1) is 21.9 Å². The highest BCUT2D eigenvalue weighted by Gasteiger charge is 2.33. The Morgan fingerprint density at radius 1 is 1.00 bits per heavy atom. The average molecular weight is 338 g/mol. The molecule has 1 aromatic heterocycles. The van der Waals surface area contributed by atoms with Gasteiger partial charge in [-0.05, 0) is 29.3 Å². The Morgan fingerprint density at radius 2 is 1.71 bits per heavy atom. The summed E-state index contributed by atoms with van der Waals surface area (Å²) in [6.07, 6.45) is 3.46. The lowest BCUT2D eigenvalue weighted by molar-refractivity contribution is 0.0880. The van der Waals surface area contributed by atoms with Crippen LogP contribution in [0.5, 0.6) is 0 Å². The number of amides is 2. The summed E-state index contributed by atoms with van der Waals surface area (Å²) in [6.45, 7) is 0. The van der Waals surface area contributed by atoms with Crippen molar-refractivity contribution in [1.82, 2.24) is 9.88 Å². The van der Waals surface area contributed by atoms with Crippen LogP contribution in [-0.4, -0.2) is 26.8 Å². The normalized spacial score (nSPS) is 14.8. The second-order valence-corrected chi connectivity index (χ2v) is 7.12. The van der Waals surface area contributed by atoms with Crippen LogP contribution in [0.1, 0.15) is 20.7 Å². The second kappa shape index (κ2) is 5.14. The van der Waals surface area contributed by atoms with E-state index < -0.39 is 16.7 Å². The van der Waals surface area contributed by atoms with Crippen LogP contribution >= 0.6 is 0 Å². The number of benzene rings is 2. The number of fused-ring (bicyclic) bond motifs is 3. The lowest BCUT2D eigenvalue weighted by atomic mass is 9.94. The van der Waals surface area contributed by atoms with Crippen LogP contribution < -0.4 is 5.32 Å². The van der Waals surface area contributed by atoms with E-state index in [0.717, 1.165) is 10.9 Å². The van der Waals surface area contributed by atoms with Crippen molar-refractivity contribution in [1.29, 1.82) is 0 Å². The molecule has 1 aliphatic heterocycles. The van der Waals surface area contributed by atoms with E-state index in [1.807, 2.05) is 48.1 Å². The fraction of sp³-hybridized carbons (Fsp3) is 0.111. The second-order valence-electron chi connectivity index (χ2n) is 5.77. The zero-order valence-corrected chi connectivity index (χ0v) is 13.9. The highest BCUT2D eigenvalue weighted by Crippen LogP contribution is 2.37. The summed E-state index contributed by atoms with van der Waals surface area (Å²) in [7, 11) is 0.676. The quantitative estimate of drug-likeness (QED) is 0.730. The third kappa shape index (κ3) is 1.96. The largest absolute Gasteiger partial charge is 0.351 e. The molecule has 2 aromatic carbocycles. The third-order valence-corrected chi connectivity index (χ3v) is 5.33. The van der Waals surface area contributed by atoms with Gasteiger partial charge in [-0.3, -0.25) is 19.1 Å². The highest BCUT2D eigenvalue weighted by atomic mass is 32.2. The molecule has 0 fully saturated rings. The molecular formula is C18H14N2O3S. The van der Waals surface area contributed by atoms with Gasteiger partial charge < -0.3 is 4.57 Å². The summed E-state index contributed by atoms with van der Waals surface area (Å²) in [6, 6.07) is 11.0. The summed E-state index contributed by atoms with van der Waals surface area (Å²) < 4.78 is 14.0. The van der Waals surface area contributed by atoms with E-state index in [1.165, 1.54) is 0 Å². The van der Waals surface area contributed by atoms with Gasteiger partial charge in [0.2, 0.25) is 0 Å². The van der Waals surface area contributed by atoms with Gasteiger partial charge in [0.25, 0.3) is 11.8 Å². The molecule has 0 saturated heterocycles. The highest BCUT2D eigenvalue weighted by molar-refractivity contribution is 7.84. The van der Waals surface area contributed by atoms with Crippen LogP contribution in [0.3, 0.4) is 0 Å². The van der Waals surface area contributed by atoms with Crippen LogP contribution in [0, 0.1) is 0 Å². The van der Waals surface area contributed by atoms with Gasteiger partial charge in [0.1, 0.15) is 0 Å². The Hall–Kier alpha value is -2.73. The average Bonchev–Trinajstić information content (AvgIpc) is 3.07. The minimum absolute atomic E-state index is 0.358. The number of nitrogens with zero attached hydrogens (tertiary/aromatic N) is 1. The van der Waals surface area contributed by atoms with E-state index in [9.17, 15) is 13.8 Å². The van der Waals surface area contributed by atoms with E-state index >= 15 is 0 Å². The van der Waals surface area contributed by atoms with Gasteiger partial charge in [-0.2, -0.15) is 0 Å². The molecule has 6 heteroatoms. The first kappa shape index (κ1) is 14.8. The number of nitrogens with one attached hydrogen (secondary N) is 1. The topological polar surface area (TPSA) is 68.2 Å². The number of carbonyl (C=O) groups is 2. The van der Waals surface area contributed by atoms with Crippen molar-refractivity contribution in [2.24, 2.45) is 7.05 Å². The number of hydrogen-bond acceptors (Lipinski definition) is 3. The molecule has 1 atom stereocenters. The van der Waals surface area contributed by atoms with Crippen LogP contribution in [0.2, 0.25) is 0 Å². The maximum absolute atomic E-state index is 12.4. The van der Waals surface area contributed by atoms with Crippen LogP contribution in [0.4, 0.5) is 0 Å². The molecule has 120 valence electrons. The lowest BCUT2D eigenvalue weighted by Crippen LogP contribution is -2.20. The number of rotatable bonds is 2. The number of aryl methyl sites for hydroxylation is 1. The Labute approximate surface area is 140 Å². The molecule has 2 heterocycles. The predicted octanol–water partition coefficient (Wildman–Crippen LogP) is 2.47. The molecule has 2 amide bonds. The summed E-state index contributed by atoms with van der Waals surface area (Å²) in [4.78, 5) is 25.3. The molecular weight excluding hydrogens is 324 g/mol. The maximum atomic E-state index is 12.4. The Balaban J connectivity index is 2.17. The molecule has 3 aromatic rings. The molecule has 5 nitrogen and oxygen atoms in total. The standard InChI is InChI=1S/C18H14N2O3S/c1-20-8-7-11-13(20)9-12(16-15(11)17(21)19-18(16)22)10-5-3-4-6-14(10)24(2)23/h3-9H,1-2H3,(H,19,21,22). The molecule has 0 saturated carbocycles. The third-order valence-electron chi connectivity index (χ3n) is 4.36. The first-order valence-electron chi connectivity index (χ1n) is 7.39. The molecule has 0 aliphatic carbocycles. The van der Waals surface area contributed by atoms with Crippen molar-refractivity contribution in [3.8, 4) is 11.1 Å². The fourth-order valence-electron chi connectivity index (χ4n) is 3.26. The zero-order valence-electron chi connectivity index (χ0n) is 13.1. The van der Waals surface area contributed by atoms with Gasteiger partial charge in [-0.25, -0.2) is 0 Å². The Kier molecular flexibility index (Phi) is 3.18. The van der Waals surface area contributed by atoms with E-state index in [4.69, 9.17) is 0 Å². The summed E-state index contributed by atoms with van der Waals surface area (Å²) in [5, 5.41) is 3.12.